The fourth-order valence-corrected chi connectivity index (χ4v) is 5.21. The van der Waals surface area contributed by atoms with Crippen molar-refractivity contribution < 1.29 is 19.0 Å². The Morgan fingerprint density at radius 3 is 2.83 bits per heavy atom. The van der Waals surface area contributed by atoms with Crippen LogP contribution in [-0.4, -0.2) is 58.4 Å². The number of hydrogen-bond donors (Lipinski definition) is 0. The topological polar surface area (TPSA) is 60.7 Å². The van der Waals surface area contributed by atoms with Crippen LogP contribution in [0, 0.1) is 0 Å². The van der Waals surface area contributed by atoms with Gasteiger partial charge in [-0.3, -0.25) is 4.79 Å². The van der Waals surface area contributed by atoms with Crippen LogP contribution >= 0.6 is 34.7 Å². The minimum atomic E-state index is -0.490. The van der Waals surface area contributed by atoms with E-state index in [-0.39, 0.29) is 24.9 Å². The molecule has 0 saturated heterocycles. The van der Waals surface area contributed by atoms with Crippen LogP contribution < -0.4 is 4.90 Å². The van der Waals surface area contributed by atoms with Gasteiger partial charge in [0, 0.05) is 29.1 Å². The van der Waals surface area contributed by atoms with Crippen LogP contribution in [-0.2, 0) is 16.0 Å². The molecule has 3 heterocycles. The number of thioether (sulfide) groups is 1. The molecular formula is C21H19ClN3O3S2+. The lowest BCUT2D eigenvalue weighted by Crippen LogP contribution is -2.57. The Kier molecular flexibility index (Phi) is 6.08. The van der Waals surface area contributed by atoms with Crippen LogP contribution in [0.15, 0.2) is 53.3 Å². The van der Waals surface area contributed by atoms with Crippen molar-refractivity contribution in [3.05, 3.63) is 63.2 Å². The fraction of sp³-hybridized carbons (Fsp3) is 0.238. The summed E-state index contributed by atoms with van der Waals surface area (Å²) >= 11 is 8.98. The normalized spacial score (nSPS) is 18.2. The number of thiophene rings is 1. The molecule has 2 aliphatic rings. The van der Waals surface area contributed by atoms with Gasteiger partial charge >= 0.3 is 11.9 Å². The van der Waals surface area contributed by atoms with Gasteiger partial charge in [-0.15, -0.1) is 23.1 Å². The van der Waals surface area contributed by atoms with Crippen molar-refractivity contribution in [3.63, 3.8) is 0 Å². The summed E-state index contributed by atoms with van der Waals surface area (Å²) in [6.45, 7) is 0.138. The lowest BCUT2D eigenvalue weighted by atomic mass is 10.1. The molecule has 2 aromatic rings. The molecule has 0 spiro atoms. The molecule has 2 aliphatic heterocycles. The monoisotopic (exact) mass is 460 g/mol. The highest BCUT2D eigenvalue weighted by atomic mass is 35.5. The average Bonchev–Trinajstić information content (AvgIpc) is 3.42. The first-order chi connectivity index (χ1) is 14.5. The summed E-state index contributed by atoms with van der Waals surface area (Å²) in [5, 5.41) is 3.80. The number of hydrogen-bond acceptors (Lipinski definition) is 5. The highest BCUT2D eigenvalue weighted by molar-refractivity contribution is 8.04. The van der Waals surface area contributed by atoms with Crippen LogP contribution in [0.3, 0.4) is 0 Å². The van der Waals surface area contributed by atoms with E-state index in [1.807, 2.05) is 17.5 Å². The molecule has 1 unspecified atom stereocenters. The van der Waals surface area contributed by atoms with E-state index in [9.17, 15) is 14.4 Å². The Bertz CT molecular complexity index is 1070. The van der Waals surface area contributed by atoms with Crippen molar-refractivity contribution in [1.82, 2.24) is 4.90 Å². The number of halogens is 1. The molecule has 0 N–H and O–H groups in total. The minimum Gasteiger partial charge on any atom is -0.312 e. The smallest absolute Gasteiger partial charge is 0.312 e. The van der Waals surface area contributed by atoms with E-state index in [0.29, 0.717) is 22.8 Å². The van der Waals surface area contributed by atoms with Crippen molar-refractivity contribution in [2.24, 2.45) is 0 Å². The first-order valence-electron chi connectivity index (χ1n) is 9.32. The number of fused-ring (bicyclic) bond motifs is 1. The van der Waals surface area contributed by atoms with Crippen molar-refractivity contribution in [3.8, 4) is 0 Å². The summed E-state index contributed by atoms with van der Waals surface area (Å²) in [5.74, 6) is -0.497. The number of rotatable bonds is 6. The molecule has 0 radical (unpaired) electrons. The Morgan fingerprint density at radius 2 is 2.10 bits per heavy atom. The zero-order chi connectivity index (χ0) is 21.3. The van der Waals surface area contributed by atoms with Crippen LogP contribution in [0.1, 0.15) is 4.88 Å². The summed E-state index contributed by atoms with van der Waals surface area (Å²) in [7, 11) is 1.64. The van der Waals surface area contributed by atoms with Crippen LogP contribution in [0.5, 0.6) is 0 Å². The quantitative estimate of drug-likeness (QED) is 0.617. The number of carbonyl (C=O) groups is 3. The molecule has 6 nitrogen and oxygen atoms in total. The van der Waals surface area contributed by atoms with Crippen molar-refractivity contribution in [1.29, 1.82) is 0 Å². The van der Waals surface area contributed by atoms with Gasteiger partial charge in [-0.2, -0.15) is 14.3 Å². The second-order valence-corrected chi connectivity index (χ2v) is 9.35. The predicted octanol–water partition coefficient (Wildman–Crippen LogP) is 3.65. The first-order valence-corrected chi connectivity index (χ1v) is 11.5. The van der Waals surface area contributed by atoms with Crippen molar-refractivity contribution >= 4 is 63.9 Å². The molecule has 4 amide bonds. The van der Waals surface area contributed by atoms with Crippen LogP contribution in [0.25, 0.3) is 0 Å². The minimum absolute atomic E-state index is 0.151. The summed E-state index contributed by atoms with van der Waals surface area (Å²) in [6.07, 6.45) is 2.34. The summed E-state index contributed by atoms with van der Waals surface area (Å²) < 4.78 is 1.42. The Labute approximate surface area is 187 Å². The lowest BCUT2D eigenvalue weighted by Gasteiger charge is -2.25. The molecule has 1 aromatic carbocycles. The largest absolute Gasteiger partial charge is 0.501 e. The molecule has 1 atom stereocenters. The molecule has 9 heteroatoms. The molecule has 0 bridgehead atoms. The molecule has 0 saturated carbocycles. The summed E-state index contributed by atoms with van der Waals surface area (Å²) in [4.78, 5) is 42.8. The van der Waals surface area contributed by atoms with Gasteiger partial charge in [-0.1, -0.05) is 23.7 Å². The average molecular weight is 461 g/mol. The number of imide groups is 1. The second-order valence-electron chi connectivity index (χ2n) is 6.86. The maximum atomic E-state index is 13.2. The van der Waals surface area contributed by atoms with Crippen molar-refractivity contribution in [2.45, 2.75) is 11.7 Å². The number of allylic oxidation sites excluding steroid dienone is 1. The van der Waals surface area contributed by atoms with Gasteiger partial charge in [0.2, 0.25) is 0 Å². The van der Waals surface area contributed by atoms with Gasteiger partial charge in [0.05, 0.1) is 0 Å². The molecular weight excluding hydrogens is 442 g/mol. The fourth-order valence-electron chi connectivity index (χ4n) is 3.36. The predicted molar refractivity (Wildman–Crippen MR) is 121 cm³/mol. The lowest BCUT2D eigenvalue weighted by molar-refractivity contribution is -0.426. The van der Waals surface area contributed by atoms with Gasteiger partial charge in [-0.25, -0.2) is 4.79 Å². The number of amides is 4. The molecule has 30 heavy (non-hydrogen) atoms. The molecule has 4 rings (SSSR count). The van der Waals surface area contributed by atoms with Crippen LogP contribution in [0.2, 0.25) is 5.02 Å². The van der Waals surface area contributed by atoms with E-state index in [4.69, 9.17) is 11.6 Å². The number of likely N-dealkylation sites (N-methyl/N-ethyl adjacent to an activating group) is 1. The van der Waals surface area contributed by atoms with E-state index in [1.54, 1.807) is 54.1 Å². The summed E-state index contributed by atoms with van der Waals surface area (Å²) in [6, 6.07) is 10.4. The number of nitrogens with zero attached hydrogens (tertiary/aromatic N) is 3. The van der Waals surface area contributed by atoms with E-state index in [0.717, 1.165) is 4.88 Å². The Morgan fingerprint density at radius 1 is 1.27 bits per heavy atom. The van der Waals surface area contributed by atoms with E-state index in [2.05, 4.69) is 0 Å². The molecule has 0 fully saturated rings. The van der Waals surface area contributed by atoms with E-state index >= 15 is 0 Å². The molecule has 0 aliphatic carbocycles. The van der Waals surface area contributed by atoms with E-state index in [1.165, 1.54) is 26.1 Å². The Balaban J connectivity index is 1.56. The van der Waals surface area contributed by atoms with Crippen LogP contribution in [0.4, 0.5) is 10.5 Å². The molecule has 1 aromatic heterocycles. The van der Waals surface area contributed by atoms with Gasteiger partial charge in [-0.05, 0) is 41.1 Å². The zero-order valence-electron chi connectivity index (χ0n) is 16.2. The number of carbonyl (C=O) groups excluding carboxylic acids is 3. The van der Waals surface area contributed by atoms with Gasteiger partial charge in [0.1, 0.15) is 12.3 Å². The van der Waals surface area contributed by atoms with Gasteiger partial charge in [0.15, 0.2) is 11.8 Å². The third-order valence-corrected chi connectivity index (χ3v) is 7.19. The van der Waals surface area contributed by atoms with Gasteiger partial charge in [0.25, 0.3) is 5.91 Å². The van der Waals surface area contributed by atoms with Gasteiger partial charge < -0.3 is 4.90 Å². The third-order valence-electron chi connectivity index (χ3n) is 5.01. The van der Waals surface area contributed by atoms with E-state index < -0.39 is 11.3 Å². The number of benzene rings is 1. The summed E-state index contributed by atoms with van der Waals surface area (Å²) in [5.41, 5.74) is 1.20. The first kappa shape index (κ1) is 20.8. The number of urea groups is 1. The maximum Gasteiger partial charge on any atom is 0.501 e. The highest BCUT2D eigenvalue weighted by Gasteiger charge is 2.49. The Hall–Kier alpha value is -2.42. The third kappa shape index (κ3) is 4.08. The standard InChI is InChI=1S/C21H19ClN3O3S2/c1-23(15-5-2-4-14(22)12-15)18(26)13-25-17-8-11-30-19(17)20(27)24(21(25)28)9-7-16-6-3-10-29-16/h2-6,8,10-12,19H,7,9,13H2,1H3/q+1. The zero-order valence-corrected chi connectivity index (χ0v) is 18.5. The maximum absolute atomic E-state index is 13.2. The highest BCUT2D eigenvalue weighted by Crippen LogP contribution is 2.28. The molecule has 154 valence electrons. The number of anilines is 1. The second kappa shape index (κ2) is 8.75. The SMILES string of the molecule is CN(C(=O)C[N+]1=C2C=CSC2C(=O)N(CCc2cccs2)C1=O)c1cccc(Cl)c1. The van der Waals surface area contributed by atoms with Crippen molar-refractivity contribution in [2.75, 3.05) is 25.0 Å².